The maximum Gasteiger partial charge on any atom is 0.344 e. The molecule has 0 saturated carbocycles. The largest absolute Gasteiger partial charge is 0.422 e. The quantitative estimate of drug-likeness (QED) is 0.236. The number of fused-ring (bicyclic) bond motifs is 2. The smallest absolute Gasteiger partial charge is 0.344 e. The number of hydrogen-bond donors (Lipinski definition) is 1. The maximum absolute atomic E-state index is 12.8. The van der Waals surface area contributed by atoms with E-state index in [1.165, 1.54) is 6.07 Å². The summed E-state index contributed by atoms with van der Waals surface area (Å²) in [7, 11) is 0. The van der Waals surface area contributed by atoms with Crippen LogP contribution in [0.2, 0.25) is 0 Å². The minimum absolute atomic E-state index is 0.210. The van der Waals surface area contributed by atoms with E-state index in [9.17, 15) is 14.5 Å². The number of nitrogens with zero attached hydrogens (tertiary/aromatic N) is 2. The van der Waals surface area contributed by atoms with Gasteiger partial charge in [0.1, 0.15) is 16.9 Å². The lowest BCUT2D eigenvalue weighted by atomic mass is 9.93. The molecule has 1 saturated heterocycles. The molecule has 180 valence electrons. The number of benzene rings is 2. The van der Waals surface area contributed by atoms with Gasteiger partial charge in [0.15, 0.2) is 0 Å². The van der Waals surface area contributed by atoms with E-state index >= 15 is 0 Å². The van der Waals surface area contributed by atoms with Crippen LogP contribution in [0.15, 0.2) is 72.1 Å². The van der Waals surface area contributed by atoms with Gasteiger partial charge in [-0.2, -0.15) is 0 Å². The fourth-order valence-electron chi connectivity index (χ4n) is 4.87. The van der Waals surface area contributed by atoms with E-state index < -0.39 is 11.3 Å². The summed E-state index contributed by atoms with van der Waals surface area (Å²) in [4.78, 5) is 44.0. The van der Waals surface area contributed by atoms with Crippen molar-refractivity contribution >= 4 is 27.6 Å². The molecule has 0 spiro atoms. The Bertz CT molecular complexity index is 1500. The molecule has 0 aliphatic carbocycles. The Hall–Kier alpha value is -3.66. The Balaban J connectivity index is 1.57. The minimum atomic E-state index is -0.621. The van der Waals surface area contributed by atoms with E-state index in [-0.39, 0.29) is 16.8 Å². The summed E-state index contributed by atoms with van der Waals surface area (Å²) < 4.78 is 11.1. The summed E-state index contributed by atoms with van der Waals surface area (Å²) >= 11 is 0. The Morgan fingerprint density at radius 1 is 1.03 bits per heavy atom. The van der Waals surface area contributed by atoms with Gasteiger partial charge in [0.25, 0.3) is 0 Å². The van der Waals surface area contributed by atoms with E-state index in [1.807, 2.05) is 12.1 Å². The molecule has 1 fully saturated rings. The molecule has 2 N–H and O–H groups in total. The topological polar surface area (TPSA) is 128 Å². The third-order valence-corrected chi connectivity index (χ3v) is 6.75. The third-order valence-electron chi connectivity index (χ3n) is 6.75. The van der Waals surface area contributed by atoms with Crippen LogP contribution in [0.4, 0.5) is 5.69 Å². The standard InChI is InChI=1S/C26H25N3O6/c27-33-12-9-16-7-10-29(11-8-16)15-21-22(28-32)6-5-18-19(14-24(30)35-25(18)21)20-13-17-3-1-2-4-23(17)34-26(20)31/h1-6,13-14,16H,7-12,15,27H2. The number of piperidine rings is 1. The van der Waals surface area contributed by atoms with Crippen molar-refractivity contribution < 1.29 is 13.7 Å². The van der Waals surface area contributed by atoms with Gasteiger partial charge >= 0.3 is 11.3 Å². The molecule has 0 amide bonds. The fourth-order valence-corrected chi connectivity index (χ4v) is 4.87. The first-order valence-corrected chi connectivity index (χ1v) is 11.6. The number of nitrogens with two attached hydrogens (primary N) is 1. The molecule has 0 radical (unpaired) electrons. The molecule has 0 atom stereocenters. The molecule has 2 aromatic heterocycles. The maximum atomic E-state index is 12.8. The molecule has 4 aromatic rings. The molecule has 1 aliphatic rings. The van der Waals surface area contributed by atoms with Crippen LogP contribution in [0.5, 0.6) is 0 Å². The van der Waals surface area contributed by atoms with Gasteiger partial charge in [0.2, 0.25) is 0 Å². The van der Waals surface area contributed by atoms with Crippen molar-refractivity contribution in [3.05, 3.63) is 79.8 Å². The van der Waals surface area contributed by atoms with Crippen LogP contribution in [-0.4, -0.2) is 24.6 Å². The molecule has 0 bridgehead atoms. The van der Waals surface area contributed by atoms with Crippen molar-refractivity contribution in [1.29, 1.82) is 0 Å². The van der Waals surface area contributed by atoms with Gasteiger partial charge in [-0.1, -0.05) is 18.2 Å². The van der Waals surface area contributed by atoms with Crippen LogP contribution >= 0.6 is 0 Å². The molecule has 35 heavy (non-hydrogen) atoms. The molecule has 5 rings (SSSR count). The van der Waals surface area contributed by atoms with Crippen LogP contribution in [0.1, 0.15) is 24.8 Å². The van der Waals surface area contributed by atoms with Gasteiger partial charge in [-0.05, 0) is 67.7 Å². The summed E-state index contributed by atoms with van der Waals surface area (Å²) in [6, 6.07) is 13.4. The van der Waals surface area contributed by atoms with Crippen LogP contribution in [0.3, 0.4) is 0 Å². The second-order valence-electron chi connectivity index (χ2n) is 8.87. The highest BCUT2D eigenvalue weighted by atomic mass is 16.6. The van der Waals surface area contributed by atoms with E-state index in [1.54, 1.807) is 30.3 Å². The van der Waals surface area contributed by atoms with Crippen molar-refractivity contribution in [3.8, 4) is 11.1 Å². The van der Waals surface area contributed by atoms with E-state index in [2.05, 4.69) is 10.1 Å². The number of rotatable bonds is 7. The van der Waals surface area contributed by atoms with Gasteiger partial charge in [-0.3, -0.25) is 4.90 Å². The molecule has 3 heterocycles. The van der Waals surface area contributed by atoms with Crippen LogP contribution < -0.4 is 17.1 Å². The summed E-state index contributed by atoms with van der Waals surface area (Å²) in [5.74, 6) is 5.68. The summed E-state index contributed by atoms with van der Waals surface area (Å²) in [5, 5.41) is 4.46. The average molecular weight is 476 g/mol. The minimum Gasteiger partial charge on any atom is -0.422 e. The van der Waals surface area contributed by atoms with Gasteiger partial charge in [-0.15, -0.1) is 4.91 Å². The second kappa shape index (κ2) is 9.91. The molecule has 1 aliphatic heterocycles. The highest BCUT2D eigenvalue weighted by molar-refractivity contribution is 5.97. The molecule has 2 aromatic carbocycles. The lowest BCUT2D eigenvalue weighted by molar-refractivity contribution is 0.101. The molecule has 9 nitrogen and oxygen atoms in total. The third kappa shape index (κ3) is 4.66. The number of nitroso groups, excluding NO2 is 1. The van der Waals surface area contributed by atoms with Gasteiger partial charge in [0, 0.05) is 34.5 Å². The first-order valence-electron chi connectivity index (χ1n) is 11.6. The summed E-state index contributed by atoms with van der Waals surface area (Å²) in [5.41, 5.74) is 0.937. The van der Waals surface area contributed by atoms with Gasteiger partial charge < -0.3 is 13.7 Å². The SMILES string of the molecule is NOCCC1CCN(Cc2c(N=O)ccc3c(-c4cc5ccccc5oc4=O)cc(=O)oc23)CC1. The van der Waals surface area contributed by atoms with E-state index in [0.29, 0.717) is 41.2 Å². The number of para-hydroxylation sites is 1. The van der Waals surface area contributed by atoms with Crippen molar-refractivity contribution in [2.75, 3.05) is 19.7 Å². The zero-order valence-electron chi connectivity index (χ0n) is 19.1. The predicted octanol–water partition coefficient (Wildman–Crippen LogP) is 4.46. The average Bonchev–Trinajstić information content (AvgIpc) is 2.87. The molecular weight excluding hydrogens is 450 g/mol. The summed E-state index contributed by atoms with van der Waals surface area (Å²) in [6.45, 7) is 2.57. The monoisotopic (exact) mass is 475 g/mol. The lowest BCUT2D eigenvalue weighted by Crippen LogP contribution is -2.33. The zero-order chi connectivity index (χ0) is 24.4. The van der Waals surface area contributed by atoms with Crippen molar-refractivity contribution in [1.82, 2.24) is 4.90 Å². The number of likely N-dealkylation sites (tertiary alicyclic amines) is 1. The van der Waals surface area contributed by atoms with Crippen molar-refractivity contribution in [2.24, 2.45) is 17.0 Å². The predicted molar refractivity (Wildman–Crippen MR) is 132 cm³/mol. The normalized spacial score (nSPS) is 15.1. The zero-order valence-corrected chi connectivity index (χ0v) is 19.1. The van der Waals surface area contributed by atoms with Crippen LogP contribution in [-0.2, 0) is 11.4 Å². The second-order valence-corrected chi connectivity index (χ2v) is 8.87. The Morgan fingerprint density at radius 2 is 1.83 bits per heavy atom. The molecule has 9 heteroatoms. The first-order chi connectivity index (χ1) is 17.1. The Labute approximate surface area is 200 Å². The summed E-state index contributed by atoms with van der Waals surface area (Å²) in [6.07, 6.45) is 2.86. The van der Waals surface area contributed by atoms with Crippen LogP contribution in [0.25, 0.3) is 33.1 Å². The van der Waals surface area contributed by atoms with Gasteiger partial charge in [-0.25, -0.2) is 15.5 Å². The van der Waals surface area contributed by atoms with E-state index in [0.717, 1.165) is 37.7 Å². The van der Waals surface area contributed by atoms with E-state index in [4.69, 9.17) is 19.6 Å². The highest BCUT2D eigenvalue weighted by Crippen LogP contribution is 2.35. The number of hydrogen-bond acceptors (Lipinski definition) is 9. The van der Waals surface area contributed by atoms with Crippen LogP contribution in [0, 0.1) is 10.8 Å². The van der Waals surface area contributed by atoms with Crippen molar-refractivity contribution in [3.63, 3.8) is 0 Å². The Kier molecular flexibility index (Phi) is 6.54. The van der Waals surface area contributed by atoms with Gasteiger partial charge in [0.05, 0.1) is 12.2 Å². The molecular formula is C26H25N3O6. The molecule has 0 unspecified atom stereocenters. The van der Waals surface area contributed by atoms with Crippen molar-refractivity contribution in [2.45, 2.75) is 25.8 Å². The highest BCUT2D eigenvalue weighted by Gasteiger charge is 2.23. The fraction of sp³-hybridized carbons (Fsp3) is 0.308. The Morgan fingerprint density at radius 3 is 2.60 bits per heavy atom. The first kappa shape index (κ1) is 23.1. The lowest BCUT2D eigenvalue weighted by Gasteiger charge is -2.32.